The Bertz CT molecular complexity index is 1370. The van der Waals surface area contributed by atoms with E-state index in [0.29, 0.717) is 36.9 Å². The van der Waals surface area contributed by atoms with Crippen LogP contribution < -0.4 is 5.32 Å². The number of hydrogen-bond acceptors (Lipinski definition) is 4. The summed E-state index contributed by atoms with van der Waals surface area (Å²) in [6.07, 6.45) is 1.42. The summed E-state index contributed by atoms with van der Waals surface area (Å²) >= 11 is 0. The van der Waals surface area contributed by atoms with E-state index in [9.17, 15) is 14.4 Å². The lowest BCUT2D eigenvalue weighted by Crippen LogP contribution is -2.52. The smallest absolute Gasteiger partial charge is 0.335 e. The molecule has 2 heterocycles. The SMILES string of the molecule is CC(C)CC1(c2ccccc2)OC(=O)C2=C1CN(C(=O)[C@H](Cc1ccccc1)NC(=O)c1ccccc1)CC2. The van der Waals surface area contributed by atoms with Crippen molar-refractivity contribution in [3.63, 3.8) is 0 Å². The number of nitrogens with one attached hydrogen (secondary N) is 1. The Hall–Kier alpha value is -4.19. The minimum atomic E-state index is -0.900. The van der Waals surface area contributed by atoms with Crippen LogP contribution in [-0.2, 0) is 26.3 Å². The highest BCUT2D eigenvalue weighted by Gasteiger charge is 2.51. The van der Waals surface area contributed by atoms with Gasteiger partial charge in [-0.25, -0.2) is 4.79 Å². The largest absolute Gasteiger partial charge is 0.446 e. The number of amides is 2. The van der Waals surface area contributed by atoms with Gasteiger partial charge in [0, 0.05) is 36.2 Å². The molecule has 2 aliphatic heterocycles. The molecule has 0 aromatic heterocycles. The van der Waals surface area contributed by atoms with Gasteiger partial charge in [-0.15, -0.1) is 0 Å². The number of carbonyl (C=O) groups excluding carboxylic acids is 3. The van der Waals surface area contributed by atoms with Gasteiger partial charge in [0.1, 0.15) is 6.04 Å². The van der Waals surface area contributed by atoms with Crippen LogP contribution in [-0.4, -0.2) is 41.8 Å². The summed E-state index contributed by atoms with van der Waals surface area (Å²) in [5.74, 6) is -0.494. The van der Waals surface area contributed by atoms with Gasteiger partial charge < -0.3 is 15.0 Å². The van der Waals surface area contributed by atoms with E-state index in [2.05, 4.69) is 19.2 Å². The molecule has 0 saturated heterocycles. The molecule has 200 valence electrons. The quantitative estimate of drug-likeness (QED) is 0.420. The first-order chi connectivity index (χ1) is 18.9. The van der Waals surface area contributed by atoms with Crippen molar-refractivity contribution in [3.05, 3.63) is 119 Å². The Morgan fingerprint density at radius 2 is 1.54 bits per heavy atom. The van der Waals surface area contributed by atoms with Crippen LogP contribution in [0.25, 0.3) is 0 Å². The number of carbonyl (C=O) groups is 3. The number of rotatable bonds is 8. The molecule has 1 N–H and O–H groups in total. The van der Waals surface area contributed by atoms with Crippen LogP contribution in [0, 0.1) is 5.92 Å². The molecule has 0 spiro atoms. The maximum atomic E-state index is 14.1. The van der Waals surface area contributed by atoms with Gasteiger partial charge in [0.25, 0.3) is 5.91 Å². The van der Waals surface area contributed by atoms with Gasteiger partial charge in [-0.05, 0) is 42.0 Å². The van der Waals surface area contributed by atoms with E-state index >= 15 is 0 Å². The molecular weight excluding hydrogens is 488 g/mol. The summed E-state index contributed by atoms with van der Waals surface area (Å²) < 4.78 is 6.18. The van der Waals surface area contributed by atoms with Crippen LogP contribution in [0.2, 0.25) is 0 Å². The van der Waals surface area contributed by atoms with Crippen molar-refractivity contribution in [2.75, 3.05) is 13.1 Å². The van der Waals surface area contributed by atoms with Crippen molar-refractivity contribution >= 4 is 17.8 Å². The monoisotopic (exact) mass is 522 g/mol. The van der Waals surface area contributed by atoms with Crippen LogP contribution in [0.15, 0.2) is 102 Å². The summed E-state index contributed by atoms with van der Waals surface area (Å²) in [5.41, 5.74) is 3.02. The summed E-state index contributed by atoms with van der Waals surface area (Å²) in [4.78, 5) is 42.1. The van der Waals surface area contributed by atoms with Crippen LogP contribution in [0.3, 0.4) is 0 Å². The van der Waals surface area contributed by atoms with Crippen molar-refractivity contribution in [1.29, 1.82) is 0 Å². The lowest BCUT2D eigenvalue weighted by atomic mass is 9.77. The molecule has 0 aliphatic carbocycles. The Morgan fingerprint density at radius 1 is 0.923 bits per heavy atom. The highest BCUT2D eigenvalue weighted by Crippen LogP contribution is 2.48. The molecule has 0 bridgehead atoms. The fraction of sp³-hybridized carbons (Fsp3) is 0.303. The number of esters is 1. The number of benzene rings is 3. The van der Waals surface area contributed by atoms with Crippen LogP contribution in [0.5, 0.6) is 0 Å². The highest BCUT2D eigenvalue weighted by molar-refractivity contribution is 5.98. The van der Waals surface area contributed by atoms with E-state index in [-0.39, 0.29) is 30.2 Å². The van der Waals surface area contributed by atoms with Crippen LogP contribution >= 0.6 is 0 Å². The molecule has 2 amide bonds. The first-order valence-electron chi connectivity index (χ1n) is 13.6. The van der Waals surface area contributed by atoms with Gasteiger partial charge in [0.15, 0.2) is 5.60 Å². The zero-order valence-corrected chi connectivity index (χ0v) is 22.4. The summed E-state index contributed by atoms with van der Waals surface area (Å²) in [6, 6.07) is 27.7. The molecule has 3 aromatic rings. The standard InChI is InChI=1S/C33H34N2O4/c1-23(2)21-33(26-16-10-5-11-17-26)28-22-35(19-18-27(28)32(38)39-33)31(37)29(20-24-12-6-3-7-13-24)34-30(36)25-14-8-4-9-15-25/h3-17,23,29H,18-22H2,1-2H3,(H,34,36)/t29-,33?/m0/s1. The predicted molar refractivity (Wildman–Crippen MR) is 150 cm³/mol. The number of hydrogen-bond donors (Lipinski definition) is 1. The van der Waals surface area contributed by atoms with Gasteiger partial charge in [-0.3, -0.25) is 9.59 Å². The molecular formula is C33H34N2O4. The first kappa shape index (κ1) is 26.4. The maximum Gasteiger partial charge on any atom is 0.335 e. The second kappa shape index (κ2) is 11.3. The summed E-state index contributed by atoms with van der Waals surface area (Å²) in [7, 11) is 0. The minimum absolute atomic E-state index is 0.166. The third-order valence-corrected chi connectivity index (χ3v) is 7.52. The van der Waals surface area contributed by atoms with Crippen LogP contribution in [0.4, 0.5) is 0 Å². The molecule has 6 nitrogen and oxygen atoms in total. The molecule has 3 aromatic carbocycles. The second-order valence-corrected chi connectivity index (χ2v) is 10.7. The Balaban J connectivity index is 1.45. The van der Waals surface area contributed by atoms with Gasteiger partial charge in [0.05, 0.1) is 0 Å². The van der Waals surface area contributed by atoms with Crippen molar-refractivity contribution < 1.29 is 19.1 Å². The molecule has 1 unspecified atom stereocenters. The van der Waals surface area contributed by atoms with E-state index in [4.69, 9.17) is 4.74 Å². The Kier molecular flexibility index (Phi) is 7.64. The van der Waals surface area contributed by atoms with Gasteiger partial charge in [-0.1, -0.05) is 92.7 Å². The average molecular weight is 523 g/mol. The summed E-state index contributed by atoms with van der Waals surface area (Å²) in [5, 5.41) is 2.99. The van der Waals surface area contributed by atoms with Crippen molar-refractivity contribution in [2.24, 2.45) is 5.92 Å². The van der Waals surface area contributed by atoms with Gasteiger partial charge >= 0.3 is 5.97 Å². The van der Waals surface area contributed by atoms with Crippen molar-refractivity contribution in [3.8, 4) is 0 Å². The molecule has 0 fully saturated rings. The number of ether oxygens (including phenoxy) is 1. The maximum absolute atomic E-state index is 14.1. The minimum Gasteiger partial charge on any atom is -0.446 e. The van der Waals surface area contributed by atoms with Gasteiger partial charge in [-0.2, -0.15) is 0 Å². The lowest BCUT2D eigenvalue weighted by Gasteiger charge is -2.38. The zero-order valence-electron chi connectivity index (χ0n) is 22.4. The van der Waals surface area contributed by atoms with Crippen LogP contribution in [0.1, 0.15) is 48.2 Å². The fourth-order valence-electron chi connectivity index (χ4n) is 5.73. The highest BCUT2D eigenvalue weighted by atomic mass is 16.6. The van der Waals surface area contributed by atoms with Crippen molar-refractivity contribution in [2.45, 2.75) is 44.8 Å². The number of nitrogens with zero attached hydrogens (tertiary/aromatic N) is 1. The summed E-state index contributed by atoms with van der Waals surface area (Å²) in [6.45, 7) is 4.90. The third-order valence-electron chi connectivity index (χ3n) is 7.52. The molecule has 0 radical (unpaired) electrons. The van der Waals surface area contributed by atoms with Crippen molar-refractivity contribution in [1.82, 2.24) is 10.2 Å². The topological polar surface area (TPSA) is 75.7 Å². The first-order valence-corrected chi connectivity index (χ1v) is 13.6. The van der Waals surface area contributed by atoms with E-state index in [1.54, 1.807) is 29.2 Å². The van der Waals surface area contributed by atoms with Gasteiger partial charge in [0.2, 0.25) is 5.91 Å². The number of cyclic esters (lactones) is 1. The normalized spacial score (nSPS) is 19.5. The lowest BCUT2D eigenvalue weighted by molar-refractivity contribution is -0.149. The molecule has 0 saturated carbocycles. The van der Waals surface area contributed by atoms with E-state index in [0.717, 1.165) is 16.7 Å². The fourth-order valence-corrected chi connectivity index (χ4v) is 5.73. The van der Waals surface area contributed by atoms with E-state index in [1.807, 2.05) is 66.7 Å². The second-order valence-electron chi connectivity index (χ2n) is 10.7. The molecule has 5 rings (SSSR count). The molecule has 2 aliphatic rings. The predicted octanol–water partition coefficient (Wildman–Crippen LogP) is 5.06. The van der Waals surface area contributed by atoms with E-state index < -0.39 is 11.6 Å². The molecule has 6 heteroatoms. The molecule has 2 atom stereocenters. The molecule has 39 heavy (non-hydrogen) atoms. The zero-order chi connectivity index (χ0) is 27.4. The third kappa shape index (κ3) is 5.51. The average Bonchev–Trinajstić information content (AvgIpc) is 3.24. The Labute approximate surface area is 229 Å². The van der Waals surface area contributed by atoms with E-state index in [1.165, 1.54) is 0 Å². The Morgan fingerprint density at radius 3 is 2.18 bits per heavy atom.